The van der Waals surface area contributed by atoms with Crippen molar-refractivity contribution in [2.45, 2.75) is 6.18 Å². The van der Waals surface area contributed by atoms with Crippen LogP contribution in [0.1, 0.15) is 10.4 Å². The first-order chi connectivity index (χ1) is 8.96. The van der Waals surface area contributed by atoms with Crippen LogP contribution in [0.2, 0.25) is 0 Å². The number of hydrogen-bond donors (Lipinski definition) is 0. The van der Waals surface area contributed by atoms with Crippen molar-refractivity contribution in [3.05, 3.63) is 23.8 Å². The number of alkyl halides is 3. The van der Waals surface area contributed by atoms with Crippen LogP contribution in [0.4, 0.5) is 13.2 Å². The zero-order chi connectivity index (χ0) is 14.3. The van der Waals surface area contributed by atoms with E-state index in [4.69, 9.17) is 9.47 Å². The Balaban J connectivity index is 2.43. The monoisotopic (exact) mass is 278 g/mol. The van der Waals surface area contributed by atoms with Gasteiger partial charge in [-0.1, -0.05) is 0 Å². The molecule has 4 nitrogen and oxygen atoms in total. The predicted molar refractivity (Wildman–Crippen MR) is 60.8 cm³/mol. The van der Waals surface area contributed by atoms with Crippen LogP contribution in [-0.4, -0.2) is 39.4 Å². The average molecular weight is 278 g/mol. The first-order valence-corrected chi connectivity index (χ1v) is 5.37. The van der Waals surface area contributed by atoms with Crippen LogP contribution in [0.3, 0.4) is 0 Å². The molecule has 0 spiro atoms. The lowest BCUT2D eigenvalue weighted by Gasteiger charge is -2.11. The summed E-state index contributed by atoms with van der Waals surface area (Å²) in [6.45, 7) is -1.55. The molecule has 1 rings (SSSR count). The molecule has 7 heteroatoms. The van der Waals surface area contributed by atoms with Gasteiger partial charge in [-0.05, 0) is 18.2 Å². The van der Waals surface area contributed by atoms with E-state index < -0.39 is 12.8 Å². The lowest BCUT2D eigenvalue weighted by atomic mass is 10.2. The third-order valence-corrected chi connectivity index (χ3v) is 2.07. The summed E-state index contributed by atoms with van der Waals surface area (Å²) >= 11 is 0. The van der Waals surface area contributed by atoms with Crippen molar-refractivity contribution < 1.29 is 32.2 Å². The molecule has 0 saturated heterocycles. The number of aldehydes is 1. The summed E-state index contributed by atoms with van der Waals surface area (Å²) in [4.78, 5) is 10.6. The minimum absolute atomic E-state index is 0.0487. The second kappa shape index (κ2) is 6.98. The Kier molecular flexibility index (Phi) is 5.62. The van der Waals surface area contributed by atoms with E-state index in [1.54, 1.807) is 0 Å². The molecule has 0 heterocycles. The van der Waals surface area contributed by atoms with Crippen LogP contribution in [0.5, 0.6) is 11.5 Å². The third kappa shape index (κ3) is 5.60. The Bertz CT molecular complexity index is 418. The molecule has 1 aromatic carbocycles. The van der Waals surface area contributed by atoms with Gasteiger partial charge in [0, 0.05) is 5.56 Å². The zero-order valence-electron chi connectivity index (χ0n) is 10.2. The van der Waals surface area contributed by atoms with E-state index in [2.05, 4.69) is 4.74 Å². The molecular formula is C12H13F3O4. The SMILES string of the molecule is COc1cc(C=O)ccc1OCCOCC(F)(F)F. The van der Waals surface area contributed by atoms with Crippen LogP contribution < -0.4 is 9.47 Å². The standard InChI is InChI=1S/C12H13F3O4/c1-17-11-6-9(7-16)2-3-10(11)19-5-4-18-8-12(13,14)15/h2-3,6-7H,4-5,8H2,1H3. The van der Waals surface area contributed by atoms with Gasteiger partial charge < -0.3 is 14.2 Å². The molecule has 0 N–H and O–H groups in total. The highest BCUT2D eigenvalue weighted by molar-refractivity contribution is 5.76. The fraction of sp³-hybridized carbons (Fsp3) is 0.417. The average Bonchev–Trinajstić information content (AvgIpc) is 2.37. The van der Waals surface area contributed by atoms with Gasteiger partial charge in [-0.15, -0.1) is 0 Å². The van der Waals surface area contributed by atoms with E-state index in [-0.39, 0.29) is 13.2 Å². The molecule has 0 atom stereocenters. The second-order valence-corrected chi connectivity index (χ2v) is 3.54. The number of hydrogen-bond acceptors (Lipinski definition) is 4. The summed E-state index contributed by atoms with van der Waals surface area (Å²) in [5.41, 5.74) is 0.414. The predicted octanol–water partition coefficient (Wildman–Crippen LogP) is 2.47. The van der Waals surface area contributed by atoms with Crippen molar-refractivity contribution in [3.8, 4) is 11.5 Å². The molecule has 0 bridgehead atoms. The van der Waals surface area contributed by atoms with Gasteiger partial charge in [-0.3, -0.25) is 4.79 Å². The van der Waals surface area contributed by atoms with Crippen molar-refractivity contribution in [2.24, 2.45) is 0 Å². The normalized spacial score (nSPS) is 11.2. The van der Waals surface area contributed by atoms with Gasteiger partial charge in [0.25, 0.3) is 0 Å². The fourth-order valence-electron chi connectivity index (χ4n) is 1.28. The van der Waals surface area contributed by atoms with Crippen LogP contribution in [-0.2, 0) is 4.74 Å². The number of benzene rings is 1. The van der Waals surface area contributed by atoms with Gasteiger partial charge in [-0.25, -0.2) is 0 Å². The van der Waals surface area contributed by atoms with Gasteiger partial charge in [0.1, 0.15) is 19.5 Å². The zero-order valence-corrected chi connectivity index (χ0v) is 10.2. The van der Waals surface area contributed by atoms with Crippen LogP contribution >= 0.6 is 0 Å². The van der Waals surface area contributed by atoms with E-state index in [1.165, 1.54) is 25.3 Å². The topological polar surface area (TPSA) is 44.8 Å². The first-order valence-electron chi connectivity index (χ1n) is 5.37. The molecule has 0 unspecified atom stereocenters. The van der Waals surface area contributed by atoms with Crippen molar-refractivity contribution in [1.29, 1.82) is 0 Å². The highest BCUT2D eigenvalue weighted by Crippen LogP contribution is 2.27. The van der Waals surface area contributed by atoms with E-state index in [9.17, 15) is 18.0 Å². The Morgan fingerprint density at radius 1 is 1.21 bits per heavy atom. The lowest BCUT2D eigenvalue weighted by Crippen LogP contribution is -2.19. The molecule has 0 radical (unpaired) electrons. The fourth-order valence-corrected chi connectivity index (χ4v) is 1.28. The molecule has 0 aromatic heterocycles. The Morgan fingerprint density at radius 3 is 2.53 bits per heavy atom. The van der Waals surface area contributed by atoms with Gasteiger partial charge >= 0.3 is 6.18 Å². The maximum Gasteiger partial charge on any atom is 0.411 e. The molecule has 1 aromatic rings. The quantitative estimate of drug-likeness (QED) is 0.567. The minimum Gasteiger partial charge on any atom is -0.493 e. The summed E-state index contributed by atoms with van der Waals surface area (Å²) in [6, 6.07) is 4.49. The summed E-state index contributed by atoms with van der Waals surface area (Å²) in [6.07, 6.45) is -3.69. The lowest BCUT2D eigenvalue weighted by molar-refractivity contribution is -0.175. The number of ether oxygens (including phenoxy) is 3. The van der Waals surface area contributed by atoms with E-state index in [1.807, 2.05) is 0 Å². The third-order valence-electron chi connectivity index (χ3n) is 2.07. The number of carbonyl (C=O) groups excluding carboxylic acids is 1. The Hall–Kier alpha value is -1.76. The molecule has 106 valence electrons. The molecule has 0 aliphatic rings. The molecule has 0 amide bonds. The summed E-state index contributed by atoms with van der Waals surface area (Å²) in [7, 11) is 1.40. The Labute approximate surface area is 108 Å². The van der Waals surface area contributed by atoms with Crippen LogP contribution in [0.15, 0.2) is 18.2 Å². The van der Waals surface area contributed by atoms with Gasteiger partial charge in [0.05, 0.1) is 13.7 Å². The number of halogens is 3. The largest absolute Gasteiger partial charge is 0.493 e. The van der Waals surface area contributed by atoms with Crippen LogP contribution in [0.25, 0.3) is 0 Å². The second-order valence-electron chi connectivity index (χ2n) is 3.54. The van der Waals surface area contributed by atoms with Gasteiger partial charge in [0.15, 0.2) is 11.5 Å². The van der Waals surface area contributed by atoms with E-state index >= 15 is 0 Å². The summed E-state index contributed by atoms with van der Waals surface area (Å²) in [5, 5.41) is 0. The van der Waals surface area contributed by atoms with Crippen molar-refractivity contribution in [1.82, 2.24) is 0 Å². The van der Waals surface area contributed by atoms with E-state index in [0.29, 0.717) is 23.3 Å². The summed E-state index contributed by atoms with van der Waals surface area (Å²) < 4.78 is 50.0. The van der Waals surface area contributed by atoms with Crippen molar-refractivity contribution in [3.63, 3.8) is 0 Å². The van der Waals surface area contributed by atoms with Crippen molar-refractivity contribution in [2.75, 3.05) is 26.9 Å². The molecule has 19 heavy (non-hydrogen) atoms. The molecule has 0 fully saturated rings. The minimum atomic E-state index is -4.34. The van der Waals surface area contributed by atoms with Crippen molar-refractivity contribution >= 4 is 6.29 Å². The van der Waals surface area contributed by atoms with Crippen LogP contribution in [0, 0.1) is 0 Å². The highest BCUT2D eigenvalue weighted by atomic mass is 19.4. The molecular weight excluding hydrogens is 265 g/mol. The first kappa shape index (κ1) is 15.3. The smallest absolute Gasteiger partial charge is 0.411 e. The highest BCUT2D eigenvalue weighted by Gasteiger charge is 2.27. The maximum atomic E-state index is 11.8. The van der Waals surface area contributed by atoms with Gasteiger partial charge in [-0.2, -0.15) is 13.2 Å². The number of methoxy groups -OCH3 is 1. The molecule has 0 saturated carbocycles. The number of carbonyl (C=O) groups is 1. The Morgan fingerprint density at radius 2 is 1.95 bits per heavy atom. The summed E-state index contributed by atoms with van der Waals surface area (Å²) in [5.74, 6) is 0.670. The molecule has 0 aliphatic carbocycles. The number of rotatable bonds is 7. The van der Waals surface area contributed by atoms with E-state index in [0.717, 1.165) is 0 Å². The van der Waals surface area contributed by atoms with Gasteiger partial charge in [0.2, 0.25) is 0 Å². The maximum absolute atomic E-state index is 11.8. The molecule has 0 aliphatic heterocycles.